The number of halogens is 3. The second kappa shape index (κ2) is 5.58. The van der Waals surface area contributed by atoms with Gasteiger partial charge >= 0.3 is 6.18 Å². The van der Waals surface area contributed by atoms with Gasteiger partial charge in [0, 0.05) is 11.5 Å². The fraction of sp³-hybridized carbons (Fsp3) is 0.562. The van der Waals surface area contributed by atoms with Crippen LogP contribution in [0.5, 0.6) is 0 Å². The fourth-order valence-electron chi connectivity index (χ4n) is 2.86. The zero-order valence-corrected chi connectivity index (χ0v) is 11.8. The Morgan fingerprint density at radius 2 is 1.85 bits per heavy atom. The Bertz CT molecular complexity index is 505. The van der Waals surface area contributed by atoms with Crippen LogP contribution < -0.4 is 0 Å². The molecule has 0 amide bonds. The van der Waals surface area contributed by atoms with Crippen LogP contribution in [0, 0.1) is 25.7 Å². The van der Waals surface area contributed by atoms with Gasteiger partial charge in [-0.3, -0.25) is 4.79 Å². The first-order valence-electron chi connectivity index (χ1n) is 6.97. The van der Waals surface area contributed by atoms with Crippen LogP contribution in [0.15, 0.2) is 18.2 Å². The molecule has 1 aromatic carbocycles. The third kappa shape index (κ3) is 3.22. The van der Waals surface area contributed by atoms with E-state index in [2.05, 4.69) is 0 Å². The molecule has 0 aromatic heterocycles. The predicted molar refractivity (Wildman–Crippen MR) is 71.7 cm³/mol. The molecule has 4 heteroatoms. The van der Waals surface area contributed by atoms with Gasteiger partial charge in [0.15, 0.2) is 5.78 Å². The molecule has 1 aliphatic rings. The number of alkyl halides is 3. The van der Waals surface area contributed by atoms with Gasteiger partial charge in [-0.15, -0.1) is 0 Å². The van der Waals surface area contributed by atoms with Gasteiger partial charge in [0.25, 0.3) is 0 Å². The molecule has 2 unspecified atom stereocenters. The number of Topliss-reactive ketones (excluding diaryl/α,β-unsaturated/α-hetero) is 1. The minimum atomic E-state index is -4.18. The third-order valence-corrected chi connectivity index (χ3v) is 4.30. The zero-order chi connectivity index (χ0) is 14.9. The van der Waals surface area contributed by atoms with Crippen LogP contribution in [0.1, 0.15) is 47.2 Å². The highest BCUT2D eigenvalue weighted by Crippen LogP contribution is 2.40. The van der Waals surface area contributed by atoms with Crippen LogP contribution in [-0.4, -0.2) is 12.0 Å². The summed E-state index contributed by atoms with van der Waals surface area (Å²) in [4.78, 5) is 12.4. The van der Waals surface area contributed by atoms with Crippen LogP contribution in [0.2, 0.25) is 0 Å². The lowest BCUT2D eigenvalue weighted by molar-refractivity contribution is -0.184. The summed E-state index contributed by atoms with van der Waals surface area (Å²) in [6, 6.07) is 5.36. The molecule has 1 fully saturated rings. The highest BCUT2D eigenvalue weighted by molar-refractivity contribution is 5.98. The van der Waals surface area contributed by atoms with Crippen LogP contribution in [0.4, 0.5) is 13.2 Å². The number of hydrogen-bond donors (Lipinski definition) is 0. The van der Waals surface area contributed by atoms with E-state index in [1.54, 1.807) is 12.1 Å². The number of carbonyl (C=O) groups is 1. The largest absolute Gasteiger partial charge is 0.391 e. The molecule has 20 heavy (non-hydrogen) atoms. The molecule has 0 saturated heterocycles. The molecule has 1 aliphatic carbocycles. The van der Waals surface area contributed by atoms with Gasteiger partial charge in [0.2, 0.25) is 0 Å². The lowest BCUT2D eigenvalue weighted by Crippen LogP contribution is -2.31. The smallest absolute Gasteiger partial charge is 0.294 e. The summed E-state index contributed by atoms with van der Waals surface area (Å²) in [6.45, 7) is 3.86. The summed E-state index contributed by atoms with van der Waals surface area (Å²) in [5.41, 5.74) is 2.62. The van der Waals surface area contributed by atoms with Crippen molar-refractivity contribution >= 4 is 5.78 Å². The minimum absolute atomic E-state index is 0.0603. The van der Waals surface area contributed by atoms with Crippen molar-refractivity contribution in [3.8, 4) is 0 Å². The maximum atomic E-state index is 12.8. The van der Waals surface area contributed by atoms with Crippen molar-refractivity contribution in [1.82, 2.24) is 0 Å². The first kappa shape index (κ1) is 15.1. The average Bonchev–Trinajstić information content (AvgIpc) is 2.40. The number of carbonyl (C=O) groups excluding carboxylic acids is 1. The summed E-state index contributed by atoms with van der Waals surface area (Å²) >= 11 is 0. The van der Waals surface area contributed by atoms with Crippen molar-refractivity contribution in [2.24, 2.45) is 11.8 Å². The zero-order valence-electron chi connectivity index (χ0n) is 11.8. The number of ketones is 1. The van der Waals surface area contributed by atoms with Crippen LogP contribution >= 0.6 is 0 Å². The first-order chi connectivity index (χ1) is 9.29. The van der Waals surface area contributed by atoms with E-state index in [0.717, 1.165) is 11.1 Å². The highest BCUT2D eigenvalue weighted by Gasteiger charge is 2.43. The monoisotopic (exact) mass is 284 g/mol. The Morgan fingerprint density at radius 3 is 2.45 bits per heavy atom. The second-order valence-corrected chi connectivity index (χ2v) is 5.77. The summed E-state index contributed by atoms with van der Waals surface area (Å²) in [7, 11) is 0. The van der Waals surface area contributed by atoms with Crippen molar-refractivity contribution in [2.45, 2.75) is 45.7 Å². The second-order valence-electron chi connectivity index (χ2n) is 5.77. The maximum absolute atomic E-state index is 12.8. The van der Waals surface area contributed by atoms with Crippen molar-refractivity contribution < 1.29 is 18.0 Å². The lowest BCUT2D eigenvalue weighted by atomic mass is 9.77. The lowest BCUT2D eigenvalue weighted by Gasteiger charge is -2.29. The Hall–Kier alpha value is -1.32. The summed E-state index contributed by atoms with van der Waals surface area (Å²) in [6.07, 6.45) is -3.04. The van der Waals surface area contributed by atoms with Gasteiger partial charge in [0.05, 0.1) is 5.92 Å². The van der Waals surface area contributed by atoms with Gasteiger partial charge in [-0.25, -0.2) is 0 Å². The molecular formula is C16H19F3O. The van der Waals surface area contributed by atoms with E-state index in [1.807, 2.05) is 19.9 Å². The van der Waals surface area contributed by atoms with Crippen LogP contribution in [-0.2, 0) is 0 Å². The van der Waals surface area contributed by atoms with Gasteiger partial charge in [-0.1, -0.05) is 18.6 Å². The summed E-state index contributed by atoms with van der Waals surface area (Å²) in [5.74, 6) is -1.95. The molecule has 0 aliphatic heterocycles. The molecule has 1 aromatic rings. The number of aryl methyl sites for hydroxylation is 2. The van der Waals surface area contributed by atoms with Crippen molar-refractivity contribution in [1.29, 1.82) is 0 Å². The van der Waals surface area contributed by atoms with Gasteiger partial charge in [-0.2, -0.15) is 13.2 Å². The molecule has 2 rings (SSSR count). The standard InChI is InChI=1S/C16H19F3O/c1-10-6-7-13(8-11(10)2)15(20)12-4-3-5-14(9-12)16(17,18)19/h6-8,12,14H,3-5,9H2,1-2H3. The van der Waals surface area contributed by atoms with E-state index in [9.17, 15) is 18.0 Å². The van der Waals surface area contributed by atoms with Crippen molar-refractivity contribution in [2.75, 3.05) is 0 Å². The molecule has 1 saturated carbocycles. The molecule has 1 nitrogen and oxygen atoms in total. The topological polar surface area (TPSA) is 17.1 Å². The Labute approximate surface area is 117 Å². The number of hydrogen-bond acceptors (Lipinski definition) is 1. The molecule has 2 atom stereocenters. The van der Waals surface area contributed by atoms with E-state index in [-0.39, 0.29) is 18.6 Å². The number of rotatable bonds is 2. The fourth-order valence-corrected chi connectivity index (χ4v) is 2.86. The maximum Gasteiger partial charge on any atom is 0.391 e. The Morgan fingerprint density at radius 1 is 1.15 bits per heavy atom. The number of benzene rings is 1. The molecule has 0 spiro atoms. The third-order valence-electron chi connectivity index (χ3n) is 4.30. The van der Waals surface area contributed by atoms with E-state index < -0.39 is 18.0 Å². The predicted octanol–water partition coefficient (Wildman–Crippen LogP) is 4.85. The molecule has 0 heterocycles. The molecule has 0 N–H and O–H groups in total. The highest BCUT2D eigenvalue weighted by atomic mass is 19.4. The quantitative estimate of drug-likeness (QED) is 0.709. The molecular weight excluding hydrogens is 265 g/mol. The summed E-state index contributed by atoms with van der Waals surface area (Å²) in [5, 5.41) is 0. The average molecular weight is 284 g/mol. The SMILES string of the molecule is Cc1ccc(C(=O)C2CCCC(C(F)(F)F)C2)cc1C. The molecule has 110 valence electrons. The Kier molecular flexibility index (Phi) is 4.21. The Balaban J connectivity index is 2.14. The van der Waals surface area contributed by atoms with Crippen molar-refractivity contribution in [3.05, 3.63) is 34.9 Å². The van der Waals surface area contributed by atoms with E-state index >= 15 is 0 Å². The van der Waals surface area contributed by atoms with Crippen molar-refractivity contribution in [3.63, 3.8) is 0 Å². The van der Waals surface area contributed by atoms with Gasteiger partial charge in [0.1, 0.15) is 0 Å². The van der Waals surface area contributed by atoms with Crippen LogP contribution in [0.25, 0.3) is 0 Å². The van der Waals surface area contributed by atoms with Gasteiger partial charge < -0.3 is 0 Å². The molecule has 0 radical (unpaired) electrons. The van der Waals surface area contributed by atoms with Crippen LogP contribution in [0.3, 0.4) is 0 Å². The van der Waals surface area contributed by atoms with E-state index in [0.29, 0.717) is 18.4 Å². The van der Waals surface area contributed by atoms with E-state index in [4.69, 9.17) is 0 Å². The first-order valence-corrected chi connectivity index (χ1v) is 6.97. The summed E-state index contributed by atoms with van der Waals surface area (Å²) < 4.78 is 38.4. The minimum Gasteiger partial charge on any atom is -0.294 e. The molecule has 0 bridgehead atoms. The van der Waals surface area contributed by atoms with E-state index in [1.165, 1.54) is 0 Å². The normalized spacial score (nSPS) is 23.6. The van der Waals surface area contributed by atoms with Gasteiger partial charge in [-0.05, 0) is 50.3 Å².